The Labute approximate surface area is 204 Å². The van der Waals surface area contributed by atoms with Crippen LogP contribution in [0.2, 0.25) is 0 Å². The molecular weight excluding hydrogens is 504 g/mol. The Morgan fingerprint density at radius 2 is 1.47 bits per heavy atom. The van der Waals surface area contributed by atoms with Crippen LogP contribution < -0.4 is 5.32 Å². The highest BCUT2D eigenvalue weighted by molar-refractivity contribution is 5.76. The highest BCUT2D eigenvalue weighted by Crippen LogP contribution is 2.34. The van der Waals surface area contributed by atoms with Crippen LogP contribution in [-0.4, -0.2) is 108 Å². The first-order valence-corrected chi connectivity index (χ1v) is 11.5. The van der Waals surface area contributed by atoms with Gasteiger partial charge in [0.25, 0.3) is 0 Å². The molecule has 3 atom stereocenters. The first kappa shape index (κ1) is 31.9. The van der Waals surface area contributed by atoms with Gasteiger partial charge in [0.15, 0.2) is 0 Å². The second-order valence-electron chi connectivity index (χ2n) is 9.05. The third kappa shape index (κ3) is 11.7. The summed E-state index contributed by atoms with van der Waals surface area (Å²) in [5.41, 5.74) is 0. The summed E-state index contributed by atoms with van der Waals surface area (Å²) in [6.07, 6.45) is -5.48. The largest absolute Gasteiger partial charge is 0.490 e. The minimum Gasteiger partial charge on any atom is -0.475 e. The van der Waals surface area contributed by atoms with Gasteiger partial charge in [-0.25, -0.2) is 9.59 Å². The molecule has 0 spiro atoms. The maximum absolute atomic E-state index is 12.0. The summed E-state index contributed by atoms with van der Waals surface area (Å²) in [5, 5.41) is 17.3. The molecular formula is C21H33F6N3O6. The van der Waals surface area contributed by atoms with Crippen molar-refractivity contribution in [3.8, 4) is 0 Å². The number of amides is 1. The van der Waals surface area contributed by atoms with Crippen molar-refractivity contribution in [3.05, 3.63) is 0 Å². The molecule has 0 unspecified atom stereocenters. The van der Waals surface area contributed by atoms with Gasteiger partial charge >= 0.3 is 24.3 Å². The molecule has 3 N–H and O–H groups in total. The van der Waals surface area contributed by atoms with E-state index in [1.807, 2.05) is 0 Å². The number of halogens is 6. The number of ether oxygens (including phenoxy) is 1. The van der Waals surface area contributed by atoms with E-state index in [-0.39, 0.29) is 12.0 Å². The van der Waals surface area contributed by atoms with Crippen LogP contribution in [0.1, 0.15) is 39.5 Å². The highest BCUT2D eigenvalue weighted by Gasteiger charge is 2.43. The second-order valence-corrected chi connectivity index (χ2v) is 9.05. The number of aliphatic carboxylic acids is 2. The molecule has 3 saturated heterocycles. The number of alkyl halides is 6. The lowest BCUT2D eigenvalue weighted by Gasteiger charge is -2.22. The van der Waals surface area contributed by atoms with Crippen LogP contribution in [0, 0.1) is 5.92 Å². The third-order valence-corrected chi connectivity index (χ3v) is 5.92. The van der Waals surface area contributed by atoms with Crippen molar-refractivity contribution >= 4 is 17.8 Å². The average Bonchev–Trinajstić information content (AvgIpc) is 3.44. The van der Waals surface area contributed by atoms with Gasteiger partial charge in [0.1, 0.15) is 0 Å². The minimum atomic E-state index is -5.08. The van der Waals surface area contributed by atoms with Crippen LogP contribution in [0.25, 0.3) is 0 Å². The van der Waals surface area contributed by atoms with Crippen LogP contribution in [-0.2, 0) is 19.1 Å². The van der Waals surface area contributed by atoms with Crippen LogP contribution in [0.3, 0.4) is 0 Å². The number of carbonyl (C=O) groups excluding carboxylic acids is 1. The van der Waals surface area contributed by atoms with E-state index in [4.69, 9.17) is 24.5 Å². The first-order valence-electron chi connectivity index (χ1n) is 11.5. The smallest absolute Gasteiger partial charge is 0.475 e. The fourth-order valence-corrected chi connectivity index (χ4v) is 4.09. The molecule has 210 valence electrons. The van der Waals surface area contributed by atoms with Crippen molar-refractivity contribution in [1.29, 1.82) is 0 Å². The minimum absolute atomic E-state index is 0.135. The quantitative estimate of drug-likeness (QED) is 0.442. The van der Waals surface area contributed by atoms with Gasteiger partial charge in [-0.05, 0) is 46.2 Å². The molecule has 3 heterocycles. The molecule has 0 aromatic heterocycles. The molecule has 3 rings (SSSR count). The van der Waals surface area contributed by atoms with Crippen molar-refractivity contribution in [3.63, 3.8) is 0 Å². The maximum atomic E-state index is 12.0. The molecule has 0 saturated carbocycles. The van der Waals surface area contributed by atoms with E-state index in [2.05, 4.69) is 29.0 Å². The summed E-state index contributed by atoms with van der Waals surface area (Å²) in [6, 6.07) is 0.599. The number of carbonyl (C=O) groups is 3. The lowest BCUT2D eigenvalue weighted by atomic mass is 10.0. The predicted octanol–water partition coefficient (Wildman–Crippen LogP) is 2.35. The number of nitrogens with zero attached hydrogens (tertiary/aromatic N) is 2. The van der Waals surface area contributed by atoms with Gasteiger partial charge in [0.05, 0.1) is 18.6 Å². The first-order chi connectivity index (χ1) is 16.5. The average molecular weight is 537 g/mol. The zero-order valence-corrected chi connectivity index (χ0v) is 20.1. The van der Waals surface area contributed by atoms with Gasteiger partial charge in [0.2, 0.25) is 5.91 Å². The van der Waals surface area contributed by atoms with Crippen molar-refractivity contribution in [2.45, 2.75) is 70.1 Å². The molecule has 0 bridgehead atoms. The molecule has 0 aliphatic carbocycles. The van der Waals surface area contributed by atoms with E-state index in [0.29, 0.717) is 24.5 Å². The van der Waals surface area contributed by atoms with E-state index in [0.717, 1.165) is 32.6 Å². The fourth-order valence-electron chi connectivity index (χ4n) is 4.09. The number of fused-ring (bicyclic) bond motifs is 1. The monoisotopic (exact) mass is 537 g/mol. The summed E-state index contributed by atoms with van der Waals surface area (Å²) in [4.78, 5) is 34.8. The Balaban J connectivity index is 0.000000383. The van der Waals surface area contributed by atoms with E-state index >= 15 is 0 Å². The van der Waals surface area contributed by atoms with Crippen LogP contribution in [0.15, 0.2) is 0 Å². The molecule has 36 heavy (non-hydrogen) atoms. The number of carboxylic acids is 2. The van der Waals surface area contributed by atoms with Gasteiger partial charge < -0.3 is 25.2 Å². The number of likely N-dealkylation sites (tertiary alicyclic amines) is 2. The van der Waals surface area contributed by atoms with E-state index in [9.17, 15) is 31.1 Å². The standard InChI is InChI=1S/C17H31N3O2.2C2HF3O2/c1-13(2)20-11-14-9-15(22-16(14)12-20)10-17(21)18-5-8-19-6-3-4-7-19;2*3-2(4,5)1(6)7/h13-16H,3-12H2,1-2H3,(H,18,21);2*(H,6,7)/t14-,15-,16+;;/m0../s1. The lowest BCUT2D eigenvalue weighted by molar-refractivity contribution is -0.193. The Kier molecular flexibility index (Phi) is 12.4. The molecule has 3 aliphatic rings. The SMILES string of the molecule is CC(C)N1C[C@@H]2C[C@@H](CC(=O)NCCN3CCCC3)O[C@@H]2C1.O=C(O)C(F)(F)F.O=C(O)C(F)(F)F. The Morgan fingerprint density at radius 1 is 0.972 bits per heavy atom. The highest BCUT2D eigenvalue weighted by atomic mass is 19.4. The molecule has 0 radical (unpaired) electrons. The molecule has 0 aromatic carbocycles. The van der Waals surface area contributed by atoms with Gasteiger partial charge in [0, 0.05) is 38.1 Å². The molecule has 15 heteroatoms. The number of nitrogens with one attached hydrogen (secondary N) is 1. The Bertz CT molecular complexity index is 690. The van der Waals surface area contributed by atoms with Crippen molar-refractivity contribution in [2.75, 3.05) is 39.3 Å². The van der Waals surface area contributed by atoms with Crippen LogP contribution in [0.4, 0.5) is 26.3 Å². The second kappa shape index (κ2) is 14.0. The molecule has 3 fully saturated rings. The number of hydrogen-bond donors (Lipinski definition) is 3. The number of rotatable bonds is 6. The van der Waals surface area contributed by atoms with Gasteiger partial charge in [-0.1, -0.05) is 0 Å². The van der Waals surface area contributed by atoms with E-state index in [1.54, 1.807) is 0 Å². The third-order valence-electron chi connectivity index (χ3n) is 5.92. The summed E-state index contributed by atoms with van der Waals surface area (Å²) in [6.45, 7) is 10.8. The van der Waals surface area contributed by atoms with E-state index in [1.165, 1.54) is 25.9 Å². The van der Waals surface area contributed by atoms with Gasteiger partial charge in [-0.2, -0.15) is 26.3 Å². The Hall–Kier alpha value is -2.13. The predicted molar refractivity (Wildman–Crippen MR) is 114 cm³/mol. The summed E-state index contributed by atoms with van der Waals surface area (Å²) < 4.78 is 69.6. The van der Waals surface area contributed by atoms with E-state index < -0.39 is 24.3 Å². The normalized spacial score (nSPS) is 24.4. The number of hydrogen-bond acceptors (Lipinski definition) is 6. The van der Waals surface area contributed by atoms with Gasteiger partial charge in [-0.15, -0.1) is 0 Å². The number of carboxylic acid groups (broad SMARTS) is 2. The summed E-state index contributed by atoms with van der Waals surface area (Å²) in [5.74, 6) is -4.73. The zero-order chi connectivity index (χ0) is 27.7. The Morgan fingerprint density at radius 3 is 1.89 bits per heavy atom. The van der Waals surface area contributed by atoms with Crippen LogP contribution in [0.5, 0.6) is 0 Å². The molecule has 9 nitrogen and oxygen atoms in total. The van der Waals surface area contributed by atoms with Crippen LogP contribution >= 0.6 is 0 Å². The summed E-state index contributed by atoms with van der Waals surface area (Å²) in [7, 11) is 0. The molecule has 0 aromatic rings. The lowest BCUT2D eigenvalue weighted by Crippen LogP contribution is -2.35. The fraction of sp³-hybridized carbons (Fsp3) is 0.857. The maximum Gasteiger partial charge on any atom is 0.490 e. The molecule has 1 amide bonds. The summed E-state index contributed by atoms with van der Waals surface area (Å²) >= 11 is 0. The van der Waals surface area contributed by atoms with Crippen molar-refractivity contribution in [2.24, 2.45) is 5.92 Å². The van der Waals surface area contributed by atoms with Crippen molar-refractivity contribution in [1.82, 2.24) is 15.1 Å². The van der Waals surface area contributed by atoms with Gasteiger partial charge in [-0.3, -0.25) is 9.69 Å². The topological polar surface area (TPSA) is 119 Å². The zero-order valence-electron chi connectivity index (χ0n) is 20.1. The molecule has 3 aliphatic heterocycles. The van der Waals surface area contributed by atoms with Crippen molar-refractivity contribution < 1.29 is 55.7 Å².